The van der Waals surface area contributed by atoms with Crippen molar-refractivity contribution >= 4 is 11.7 Å². The maximum Gasteiger partial charge on any atom is 0.573 e. The van der Waals surface area contributed by atoms with Gasteiger partial charge in [0.05, 0.1) is 18.3 Å². The van der Waals surface area contributed by atoms with Gasteiger partial charge in [0.1, 0.15) is 23.0 Å². The number of anilines is 1. The standard InChI is InChI=1S/C27H27F3N4O4/c28-27(29,30)37-22-4-2-1-3-20(22)24-21(25(38-33-24)15-5-6-15)14-36-19-11-17-8-9-18(12-19)34(17)23-10-7-16(13-32-23)26(31)35/h1-4,7,10,13,15,17-19H,5-6,8-9,11-12,14H2,(H2,31,35). The molecule has 2 aliphatic heterocycles. The van der Waals surface area contributed by atoms with Crippen LogP contribution < -0.4 is 15.4 Å². The Bertz CT molecular complexity index is 1310. The van der Waals surface area contributed by atoms with Crippen molar-refractivity contribution in [3.63, 3.8) is 0 Å². The quantitative estimate of drug-likeness (QED) is 0.422. The molecule has 1 aliphatic carbocycles. The molecule has 4 heterocycles. The van der Waals surface area contributed by atoms with E-state index in [1.807, 2.05) is 6.07 Å². The molecule has 3 aliphatic rings. The molecule has 2 unspecified atom stereocenters. The van der Waals surface area contributed by atoms with E-state index in [-0.39, 0.29) is 42.0 Å². The number of primary amides is 1. The minimum absolute atomic E-state index is 0.0230. The number of hydrogen-bond donors (Lipinski definition) is 1. The van der Waals surface area contributed by atoms with Gasteiger partial charge in [0.15, 0.2) is 0 Å². The highest BCUT2D eigenvalue weighted by molar-refractivity contribution is 5.92. The van der Waals surface area contributed by atoms with Gasteiger partial charge in [0.25, 0.3) is 0 Å². The molecule has 6 rings (SSSR count). The van der Waals surface area contributed by atoms with Gasteiger partial charge in [-0.1, -0.05) is 17.3 Å². The number of hydrogen-bond acceptors (Lipinski definition) is 7. The van der Waals surface area contributed by atoms with Crippen molar-refractivity contribution in [2.45, 2.75) is 75.6 Å². The van der Waals surface area contributed by atoms with Gasteiger partial charge < -0.3 is 24.6 Å². The molecule has 1 aromatic carbocycles. The van der Waals surface area contributed by atoms with E-state index in [4.69, 9.17) is 15.0 Å². The lowest BCUT2D eigenvalue weighted by atomic mass is 9.99. The third-order valence-electron chi connectivity index (χ3n) is 7.58. The molecule has 1 amide bonds. The maximum atomic E-state index is 13.0. The van der Waals surface area contributed by atoms with E-state index in [9.17, 15) is 18.0 Å². The molecule has 200 valence electrons. The van der Waals surface area contributed by atoms with Gasteiger partial charge in [0, 0.05) is 35.3 Å². The Kier molecular flexibility index (Phi) is 6.25. The first kappa shape index (κ1) is 24.7. The molecule has 11 heteroatoms. The van der Waals surface area contributed by atoms with E-state index < -0.39 is 12.3 Å². The molecule has 2 atom stereocenters. The number of carbonyl (C=O) groups is 1. The molecule has 1 saturated carbocycles. The fourth-order valence-electron chi connectivity index (χ4n) is 5.74. The first-order valence-corrected chi connectivity index (χ1v) is 12.8. The molecule has 2 bridgehead atoms. The summed E-state index contributed by atoms with van der Waals surface area (Å²) in [6.45, 7) is 0.195. The zero-order chi connectivity index (χ0) is 26.4. The van der Waals surface area contributed by atoms with Crippen LogP contribution in [-0.2, 0) is 11.3 Å². The minimum atomic E-state index is -4.82. The number of aromatic nitrogens is 2. The summed E-state index contributed by atoms with van der Waals surface area (Å²) in [5.41, 5.74) is 6.94. The molecule has 2 N–H and O–H groups in total. The Morgan fingerprint density at radius 3 is 2.45 bits per heavy atom. The van der Waals surface area contributed by atoms with Crippen molar-refractivity contribution in [3.05, 3.63) is 59.5 Å². The van der Waals surface area contributed by atoms with E-state index in [0.717, 1.165) is 44.3 Å². The van der Waals surface area contributed by atoms with Crippen LogP contribution in [0, 0.1) is 0 Å². The number of amides is 1. The molecule has 0 spiro atoms. The summed E-state index contributed by atoms with van der Waals surface area (Å²) < 4.78 is 55.4. The van der Waals surface area contributed by atoms with Crippen molar-refractivity contribution in [1.29, 1.82) is 0 Å². The molecule has 2 saturated heterocycles. The van der Waals surface area contributed by atoms with Crippen molar-refractivity contribution < 1.29 is 32.0 Å². The van der Waals surface area contributed by atoms with Gasteiger partial charge >= 0.3 is 6.36 Å². The summed E-state index contributed by atoms with van der Waals surface area (Å²) in [6, 6.07) is 9.98. The summed E-state index contributed by atoms with van der Waals surface area (Å²) in [6.07, 6.45) is 2.18. The van der Waals surface area contributed by atoms with Gasteiger partial charge in [0.2, 0.25) is 5.91 Å². The van der Waals surface area contributed by atoms with Crippen LogP contribution in [0.3, 0.4) is 0 Å². The second-order valence-corrected chi connectivity index (χ2v) is 10.2. The van der Waals surface area contributed by atoms with E-state index in [0.29, 0.717) is 22.6 Å². The number of alkyl halides is 3. The molecule has 8 nitrogen and oxygen atoms in total. The van der Waals surface area contributed by atoms with Gasteiger partial charge in [-0.3, -0.25) is 4.79 Å². The number of nitrogens with zero attached hydrogens (tertiary/aromatic N) is 3. The zero-order valence-electron chi connectivity index (χ0n) is 20.5. The largest absolute Gasteiger partial charge is 0.573 e. The Labute approximate surface area is 216 Å². The third-order valence-corrected chi connectivity index (χ3v) is 7.58. The van der Waals surface area contributed by atoms with Crippen molar-refractivity contribution in [2.75, 3.05) is 4.90 Å². The van der Waals surface area contributed by atoms with Crippen molar-refractivity contribution in [1.82, 2.24) is 10.1 Å². The molecular formula is C27H27F3N4O4. The summed E-state index contributed by atoms with van der Waals surface area (Å²) >= 11 is 0. The Hall–Kier alpha value is -3.60. The SMILES string of the molecule is NC(=O)c1ccc(N2C3CCC2CC(OCc2c(-c4ccccc4OC(F)(F)F)noc2C2CC2)C3)nc1. The fraction of sp³-hybridized carbons (Fsp3) is 0.444. The van der Waals surface area contributed by atoms with E-state index in [1.54, 1.807) is 18.2 Å². The lowest BCUT2D eigenvalue weighted by Crippen LogP contribution is -2.46. The third kappa shape index (κ3) is 4.94. The summed E-state index contributed by atoms with van der Waals surface area (Å²) in [4.78, 5) is 18.2. The molecular weight excluding hydrogens is 501 g/mol. The Morgan fingerprint density at radius 2 is 1.82 bits per heavy atom. The zero-order valence-corrected chi connectivity index (χ0v) is 20.5. The van der Waals surface area contributed by atoms with Crippen LogP contribution in [0.2, 0.25) is 0 Å². The van der Waals surface area contributed by atoms with Crippen LogP contribution in [0.1, 0.15) is 66.1 Å². The number of piperidine rings is 1. The first-order valence-electron chi connectivity index (χ1n) is 12.8. The molecule has 3 aromatic rings. The average Bonchev–Trinajstić information content (AvgIpc) is 3.58. The van der Waals surface area contributed by atoms with Crippen LogP contribution in [0.4, 0.5) is 19.0 Å². The van der Waals surface area contributed by atoms with Gasteiger partial charge in [-0.15, -0.1) is 13.2 Å². The summed E-state index contributed by atoms with van der Waals surface area (Å²) in [7, 11) is 0. The number of pyridine rings is 1. The molecule has 2 aromatic heterocycles. The second kappa shape index (κ2) is 9.61. The topological polar surface area (TPSA) is 104 Å². The number of halogens is 3. The smallest absolute Gasteiger partial charge is 0.405 e. The first-order chi connectivity index (χ1) is 18.3. The van der Waals surface area contributed by atoms with Crippen molar-refractivity contribution in [2.24, 2.45) is 5.73 Å². The number of rotatable bonds is 8. The number of para-hydroxylation sites is 1. The minimum Gasteiger partial charge on any atom is -0.405 e. The highest BCUT2D eigenvalue weighted by Crippen LogP contribution is 2.46. The van der Waals surface area contributed by atoms with Gasteiger partial charge in [-0.25, -0.2) is 4.98 Å². The van der Waals surface area contributed by atoms with Crippen LogP contribution in [0.15, 0.2) is 47.1 Å². The molecule has 38 heavy (non-hydrogen) atoms. The highest BCUT2D eigenvalue weighted by Gasteiger charge is 2.42. The van der Waals surface area contributed by atoms with Crippen LogP contribution in [0.5, 0.6) is 5.75 Å². The Morgan fingerprint density at radius 1 is 1.08 bits per heavy atom. The summed E-state index contributed by atoms with van der Waals surface area (Å²) in [5, 5.41) is 4.16. The maximum absolute atomic E-state index is 13.0. The van der Waals surface area contributed by atoms with E-state index in [2.05, 4.69) is 19.8 Å². The lowest BCUT2D eigenvalue weighted by molar-refractivity contribution is -0.274. The summed E-state index contributed by atoms with van der Waals surface area (Å²) in [5.74, 6) is 0.877. The van der Waals surface area contributed by atoms with Crippen molar-refractivity contribution in [3.8, 4) is 17.0 Å². The van der Waals surface area contributed by atoms with Gasteiger partial charge in [-0.2, -0.15) is 0 Å². The Balaban J connectivity index is 1.19. The van der Waals surface area contributed by atoms with Crippen LogP contribution in [-0.4, -0.2) is 40.6 Å². The second-order valence-electron chi connectivity index (χ2n) is 10.2. The van der Waals surface area contributed by atoms with E-state index in [1.165, 1.54) is 18.3 Å². The number of benzene rings is 1. The lowest BCUT2D eigenvalue weighted by Gasteiger charge is -2.39. The predicted molar refractivity (Wildman–Crippen MR) is 130 cm³/mol. The fourth-order valence-corrected chi connectivity index (χ4v) is 5.74. The van der Waals surface area contributed by atoms with Crippen LogP contribution >= 0.6 is 0 Å². The molecule has 3 fully saturated rings. The average molecular weight is 529 g/mol. The predicted octanol–water partition coefficient (Wildman–Crippen LogP) is 5.33. The van der Waals surface area contributed by atoms with E-state index >= 15 is 0 Å². The highest BCUT2D eigenvalue weighted by atomic mass is 19.4. The number of fused-ring (bicyclic) bond motifs is 2. The number of ether oxygens (including phenoxy) is 2. The number of nitrogens with two attached hydrogens (primary N) is 1. The normalized spacial score (nSPS) is 23.0. The number of carbonyl (C=O) groups excluding carboxylic acids is 1. The monoisotopic (exact) mass is 528 g/mol. The molecule has 0 radical (unpaired) electrons. The van der Waals surface area contributed by atoms with Gasteiger partial charge in [-0.05, 0) is 62.8 Å². The van der Waals surface area contributed by atoms with Crippen LogP contribution in [0.25, 0.3) is 11.3 Å².